The van der Waals surface area contributed by atoms with Crippen molar-refractivity contribution in [2.75, 3.05) is 0 Å². The predicted octanol–water partition coefficient (Wildman–Crippen LogP) is 3.52. The Balaban J connectivity index is 1.97. The van der Waals surface area contributed by atoms with E-state index in [2.05, 4.69) is 33.1 Å². The highest BCUT2D eigenvalue weighted by molar-refractivity contribution is 8.00. The fraction of sp³-hybridized carbons (Fsp3) is 0.0909. The Morgan fingerprint density at radius 2 is 2.25 bits per heavy atom. The van der Waals surface area contributed by atoms with Crippen LogP contribution < -0.4 is 0 Å². The van der Waals surface area contributed by atoms with Gasteiger partial charge in [-0.3, -0.25) is 0 Å². The first-order chi connectivity index (χ1) is 9.63. The molecule has 102 valence electrons. The molecule has 0 fully saturated rings. The molecular weight excluding hydrogens is 334 g/mol. The molecular formula is C11H8ClN5S3. The van der Waals surface area contributed by atoms with E-state index >= 15 is 0 Å². The third kappa shape index (κ3) is 2.83. The molecule has 9 heteroatoms. The standard InChI is InChI=1S/C11H8ClN5S3/c1-6-2-3-7(8(18)4-6)17-10(14-15-16-17)20-11-13-5-9(12)19-11/h2-5,18H,1H3. The summed E-state index contributed by atoms with van der Waals surface area (Å²) in [5, 5.41) is 12.4. The number of benzene rings is 1. The molecule has 0 atom stereocenters. The third-order valence-electron chi connectivity index (χ3n) is 2.43. The topological polar surface area (TPSA) is 56.5 Å². The lowest BCUT2D eigenvalue weighted by molar-refractivity contribution is 0.744. The molecule has 2 heterocycles. The second-order valence-corrected chi connectivity index (χ2v) is 7.26. The highest BCUT2D eigenvalue weighted by Gasteiger charge is 2.14. The number of tetrazole rings is 1. The van der Waals surface area contributed by atoms with Crippen LogP contribution in [0.4, 0.5) is 0 Å². The van der Waals surface area contributed by atoms with Crippen LogP contribution in [0, 0.1) is 6.92 Å². The van der Waals surface area contributed by atoms with Crippen molar-refractivity contribution < 1.29 is 0 Å². The molecule has 0 aliphatic rings. The first-order valence-electron chi connectivity index (χ1n) is 5.51. The van der Waals surface area contributed by atoms with Gasteiger partial charge in [-0.1, -0.05) is 29.0 Å². The van der Waals surface area contributed by atoms with Crippen molar-refractivity contribution in [3.63, 3.8) is 0 Å². The maximum absolute atomic E-state index is 5.87. The number of nitrogens with zero attached hydrogens (tertiary/aromatic N) is 5. The second kappa shape index (κ2) is 5.72. The minimum atomic E-state index is 0.621. The molecule has 20 heavy (non-hydrogen) atoms. The number of aryl methyl sites for hydroxylation is 1. The molecule has 2 aromatic heterocycles. The minimum Gasteiger partial charge on any atom is -0.236 e. The van der Waals surface area contributed by atoms with Crippen LogP contribution in [0.25, 0.3) is 5.69 Å². The van der Waals surface area contributed by atoms with E-state index in [1.165, 1.54) is 23.1 Å². The summed E-state index contributed by atoms with van der Waals surface area (Å²) in [4.78, 5) is 5.00. The van der Waals surface area contributed by atoms with Crippen molar-refractivity contribution in [1.82, 2.24) is 25.2 Å². The van der Waals surface area contributed by atoms with E-state index in [1.807, 2.05) is 25.1 Å². The van der Waals surface area contributed by atoms with Crippen LogP contribution in [0.2, 0.25) is 4.34 Å². The first kappa shape index (κ1) is 13.9. The Bertz CT molecular complexity index is 754. The lowest BCUT2D eigenvalue weighted by Crippen LogP contribution is -2.00. The maximum Gasteiger partial charge on any atom is 0.221 e. The highest BCUT2D eigenvalue weighted by atomic mass is 35.5. The number of halogens is 1. The predicted molar refractivity (Wildman–Crippen MR) is 82.4 cm³/mol. The van der Waals surface area contributed by atoms with Crippen LogP contribution in [0.15, 0.2) is 38.8 Å². The molecule has 0 saturated heterocycles. The van der Waals surface area contributed by atoms with Gasteiger partial charge in [-0.15, -0.1) is 17.7 Å². The SMILES string of the molecule is Cc1ccc(-n2nnnc2Sc2ncc(Cl)s2)c(S)c1. The van der Waals surface area contributed by atoms with Gasteiger partial charge in [-0.2, -0.15) is 4.68 Å². The summed E-state index contributed by atoms with van der Waals surface area (Å²) in [7, 11) is 0. The zero-order chi connectivity index (χ0) is 14.1. The molecule has 0 radical (unpaired) electrons. The molecule has 0 bridgehead atoms. The number of thiazole rings is 1. The third-order valence-corrected chi connectivity index (χ3v) is 4.92. The molecule has 3 aromatic rings. The molecule has 0 N–H and O–H groups in total. The van der Waals surface area contributed by atoms with Gasteiger partial charge in [0.25, 0.3) is 0 Å². The van der Waals surface area contributed by atoms with Gasteiger partial charge < -0.3 is 0 Å². The van der Waals surface area contributed by atoms with Gasteiger partial charge in [-0.05, 0) is 46.8 Å². The molecule has 0 unspecified atom stereocenters. The summed E-state index contributed by atoms with van der Waals surface area (Å²) >= 11 is 13.1. The van der Waals surface area contributed by atoms with Crippen molar-refractivity contribution in [1.29, 1.82) is 0 Å². The minimum absolute atomic E-state index is 0.621. The van der Waals surface area contributed by atoms with Gasteiger partial charge >= 0.3 is 0 Å². The van der Waals surface area contributed by atoms with Crippen LogP contribution in [0.1, 0.15) is 5.56 Å². The van der Waals surface area contributed by atoms with Crippen LogP contribution >= 0.6 is 47.3 Å². The smallest absolute Gasteiger partial charge is 0.221 e. The summed E-state index contributed by atoms with van der Waals surface area (Å²) in [5.74, 6) is 0. The summed E-state index contributed by atoms with van der Waals surface area (Å²) in [5.41, 5.74) is 1.96. The van der Waals surface area contributed by atoms with E-state index in [0.29, 0.717) is 9.49 Å². The maximum atomic E-state index is 5.87. The first-order valence-corrected chi connectivity index (χ1v) is 7.97. The monoisotopic (exact) mass is 341 g/mol. The van der Waals surface area contributed by atoms with Gasteiger partial charge in [0.05, 0.1) is 11.9 Å². The summed E-state index contributed by atoms with van der Waals surface area (Å²) in [6, 6.07) is 5.90. The highest BCUT2D eigenvalue weighted by Crippen LogP contribution is 2.33. The molecule has 3 rings (SSSR count). The van der Waals surface area contributed by atoms with E-state index in [0.717, 1.165) is 20.5 Å². The lowest BCUT2D eigenvalue weighted by Gasteiger charge is -2.06. The van der Waals surface area contributed by atoms with E-state index in [4.69, 9.17) is 11.6 Å². The Kier molecular flexibility index (Phi) is 3.97. The molecule has 0 amide bonds. The van der Waals surface area contributed by atoms with Crippen LogP contribution in [0.3, 0.4) is 0 Å². The number of rotatable bonds is 3. The van der Waals surface area contributed by atoms with Gasteiger partial charge in [0, 0.05) is 4.90 Å². The Morgan fingerprint density at radius 3 is 2.95 bits per heavy atom. The van der Waals surface area contributed by atoms with Crippen LogP contribution in [-0.2, 0) is 0 Å². The van der Waals surface area contributed by atoms with Crippen molar-refractivity contribution >= 4 is 47.3 Å². The number of hydrogen-bond donors (Lipinski definition) is 1. The molecule has 5 nitrogen and oxygen atoms in total. The zero-order valence-electron chi connectivity index (χ0n) is 10.2. The second-order valence-electron chi connectivity index (χ2n) is 3.90. The van der Waals surface area contributed by atoms with Crippen LogP contribution in [0.5, 0.6) is 0 Å². The Morgan fingerprint density at radius 1 is 1.40 bits per heavy atom. The largest absolute Gasteiger partial charge is 0.236 e. The van der Waals surface area contributed by atoms with Gasteiger partial charge in [0.15, 0.2) is 4.34 Å². The fourth-order valence-electron chi connectivity index (χ4n) is 1.57. The van der Waals surface area contributed by atoms with Gasteiger partial charge in [0.1, 0.15) is 4.34 Å². The summed E-state index contributed by atoms with van der Waals surface area (Å²) in [6.45, 7) is 2.01. The van der Waals surface area contributed by atoms with Crippen molar-refractivity contribution in [3.05, 3.63) is 34.3 Å². The van der Waals surface area contributed by atoms with Crippen molar-refractivity contribution in [3.8, 4) is 5.69 Å². The van der Waals surface area contributed by atoms with E-state index in [-0.39, 0.29) is 0 Å². The molecule has 0 aliphatic carbocycles. The molecule has 1 aromatic carbocycles. The Labute approximate surface area is 133 Å². The van der Waals surface area contributed by atoms with Crippen molar-refractivity contribution in [2.24, 2.45) is 0 Å². The quantitative estimate of drug-likeness (QED) is 0.739. The summed E-state index contributed by atoms with van der Waals surface area (Å²) in [6.07, 6.45) is 1.61. The molecule has 0 saturated carbocycles. The lowest BCUT2D eigenvalue weighted by atomic mass is 10.2. The average Bonchev–Trinajstić information content (AvgIpc) is 3.00. The van der Waals surface area contributed by atoms with E-state index < -0.39 is 0 Å². The van der Waals surface area contributed by atoms with Crippen molar-refractivity contribution in [2.45, 2.75) is 21.3 Å². The molecule has 0 aliphatic heterocycles. The zero-order valence-corrected chi connectivity index (χ0v) is 13.5. The molecule has 0 spiro atoms. The van der Waals surface area contributed by atoms with Gasteiger partial charge in [0.2, 0.25) is 5.16 Å². The summed E-state index contributed by atoms with van der Waals surface area (Å²) < 4.78 is 3.07. The number of aromatic nitrogens is 5. The van der Waals surface area contributed by atoms with E-state index in [1.54, 1.807) is 10.9 Å². The number of thiol groups is 1. The van der Waals surface area contributed by atoms with Crippen LogP contribution in [-0.4, -0.2) is 25.2 Å². The fourth-order valence-corrected chi connectivity index (χ4v) is 3.95. The normalized spacial score (nSPS) is 10.9. The van der Waals surface area contributed by atoms with E-state index in [9.17, 15) is 0 Å². The Hall–Kier alpha value is -1.09. The average molecular weight is 342 g/mol. The number of hydrogen-bond acceptors (Lipinski definition) is 7. The van der Waals surface area contributed by atoms with Gasteiger partial charge in [-0.25, -0.2) is 4.98 Å².